The zero-order valence-electron chi connectivity index (χ0n) is 18.0. The van der Waals surface area contributed by atoms with Crippen LogP contribution in [-0.4, -0.2) is 26.5 Å². The number of fused-ring (bicyclic) bond motifs is 5. The number of halogens is 2. The summed E-state index contributed by atoms with van der Waals surface area (Å²) in [7, 11) is 0. The van der Waals surface area contributed by atoms with E-state index in [0.717, 1.165) is 11.4 Å². The highest BCUT2D eigenvalue weighted by molar-refractivity contribution is 6.69. The number of nitrogen functional groups attached to an aromatic ring is 1. The van der Waals surface area contributed by atoms with Crippen LogP contribution in [0.25, 0.3) is 11.4 Å². The standard InChI is InChI=1S/C23H24ClFN6O/c1-4-28-21-14-8-20(23(27)29-11-14)32-13(3)17-9-15(25)5-6-19(17)31-16(7-12(2)30-31)10-18(21)22(24)26/h5-9,11,13,26,28H,4,10H2,1-3H3,(H2,27,29)/b21-18-,26-22?. The second-order valence-corrected chi connectivity index (χ2v) is 8.01. The van der Waals surface area contributed by atoms with Gasteiger partial charge in [0.2, 0.25) is 0 Å². The summed E-state index contributed by atoms with van der Waals surface area (Å²) in [4.78, 5) is 4.28. The number of nitrogens with one attached hydrogen (secondary N) is 2. The maximum Gasteiger partial charge on any atom is 0.166 e. The highest BCUT2D eigenvalue weighted by Crippen LogP contribution is 2.34. The van der Waals surface area contributed by atoms with Gasteiger partial charge in [0.1, 0.15) is 17.1 Å². The molecule has 1 aliphatic rings. The summed E-state index contributed by atoms with van der Waals surface area (Å²) >= 11 is 6.27. The Kier molecular flexibility index (Phi) is 5.88. The smallest absolute Gasteiger partial charge is 0.166 e. The summed E-state index contributed by atoms with van der Waals surface area (Å²) < 4.78 is 22.1. The van der Waals surface area contributed by atoms with Crippen LogP contribution in [0.5, 0.6) is 5.75 Å². The van der Waals surface area contributed by atoms with E-state index in [-0.39, 0.29) is 16.8 Å². The lowest BCUT2D eigenvalue weighted by atomic mass is 10.0. The van der Waals surface area contributed by atoms with Crippen LogP contribution in [0.2, 0.25) is 0 Å². The van der Waals surface area contributed by atoms with Crippen LogP contribution in [0, 0.1) is 18.2 Å². The van der Waals surface area contributed by atoms with Crippen molar-refractivity contribution in [3.8, 4) is 11.4 Å². The van der Waals surface area contributed by atoms with Crippen molar-refractivity contribution in [3.05, 3.63) is 70.4 Å². The molecule has 4 N–H and O–H groups in total. The zero-order valence-corrected chi connectivity index (χ0v) is 18.8. The van der Waals surface area contributed by atoms with Crippen LogP contribution < -0.4 is 15.8 Å². The second kappa shape index (κ2) is 8.63. The fourth-order valence-corrected chi connectivity index (χ4v) is 4.05. The van der Waals surface area contributed by atoms with Gasteiger partial charge in [-0.1, -0.05) is 11.6 Å². The van der Waals surface area contributed by atoms with Crippen LogP contribution in [0.15, 0.2) is 42.1 Å². The molecule has 3 aromatic rings. The highest BCUT2D eigenvalue weighted by atomic mass is 35.5. The van der Waals surface area contributed by atoms with Gasteiger partial charge in [-0.05, 0) is 51.1 Å². The number of nitrogens with zero attached hydrogens (tertiary/aromatic N) is 3. The molecule has 0 spiro atoms. The summed E-state index contributed by atoms with van der Waals surface area (Å²) in [5, 5.41) is 16.1. The number of hydrogen-bond donors (Lipinski definition) is 3. The number of hydrogen-bond acceptors (Lipinski definition) is 6. The van der Waals surface area contributed by atoms with Gasteiger partial charge in [0.05, 0.1) is 11.4 Å². The number of benzene rings is 1. The Morgan fingerprint density at radius 1 is 1.38 bits per heavy atom. The lowest BCUT2D eigenvalue weighted by Crippen LogP contribution is -2.19. The number of aryl methyl sites for hydroxylation is 1. The predicted octanol–water partition coefficient (Wildman–Crippen LogP) is 4.53. The van der Waals surface area contributed by atoms with Crippen molar-refractivity contribution in [2.75, 3.05) is 12.3 Å². The number of nitrogens with two attached hydrogens (primary N) is 1. The van der Waals surface area contributed by atoms with Crippen molar-refractivity contribution in [1.29, 1.82) is 5.41 Å². The van der Waals surface area contributed by atoms with Crippen LogP contribution in [0.3, 0.4) is 0 Å². The van der Waals surface area contributed by atoms with E-state index >= 15 is 0 Å². The Hall–Kier alpha value is -3.39. The van der Waals surface area contributed by atoms with E-state index in [1.165, 1.54) is 12.1 Å². The average molecular weight is 455 g/mol. The van der Waals surface area contributed by atoms with E-state index in [4.69, 9.17) is 27.5 Å². The molecule has 0 saturated heterocycles. The van der Waals surface area contributed by atoms with Gasteiger partial charge in [-0.2, -0.15) is 5.10 Å². The highest BCUT2D eigenvalue weighted by Gasteiger charge is 2.23. The predicted molar refractivity (Wildman–Crippen MR) is 124 cm³/mol. The van der Waals surface area contributed by atoms with Crippen molar-refractivity contribution in [2.45, 2.75) is 33.3 Å². The maximum atomic E-state index is 14.2. The first-order valence-corrected chi connectivity index (χ1v) is 10.7. The molecule has 7 nitrogen and oxygen atoms in total. The molecule has 9 heteroatoms. The molecule has 1 atom stereocenters. The van der Waals surface area contributed by atoms with Crippen molar-refractivity contribution >= 4 is 28.3 Å². The van der Waals surface area contributed by atoms with Crippen LogP contribution in [0.1, 0.15) is 42.5 Å². The third kappa shape index (κ3) is 4.05. The summed E-state index contributed by atoms with van der Waals surface area (Å²) in [5.41, 5.74) is 10.9. The molecule has 0 fully saturated rings. The number of rotatable bonds is 3. The van der Waals surface area contributed by atoms with Gasteiger partial charge < -0.3 is 15.8 Å². The van der Waals surface area contributed by atoms with Crippen LogP contribution >= 0.6 is 11.6 Å². The molecule has 3 heterocycles. The van der Waals surface area contributed by atoms with Crippen molar-refractivity contribution in [1.82, 2.24) is 20.1 Å². The van der Waals surface area contributed by atoms with Gasteiger partial charge in [0, 0.05) is 47.3 Å². The van der Waals surface area contributed by atoms with Gasteiger partial charge >= 0.3 is 0 Å². The minimum atomic E-state index is -0.533. The Morgan fingerprint density at radius 2 is 2.16 bits per heavy atom. The number of anilines is 1. The molecular weight excluding hydrogens is 431 g/mol. The molecule has 166 valence electrons. The third-order valence-electron chi connectivity index (χ3n) is 5.31. The first-order chi connectivity index (χ1) is 15.3. The Morgan fingerprint density at radius 3 is 2.88 bits per heavy atom. The van der Waals surface area contributed by atoms with E-state index < -0.39 is 6.10 Å². The third-order valence-corrected chi connectivity index (χ3v) is 5.54. The molecular formula is C23H24ClFN6O. The molecule has 1 unspecified atom stereocenters. The molecule has 1 aliphatic heterocycles. The fourth-order valence-electron chi connectivity index (χ4n) is 3.89. The molecule has 0 radical (unpaired) electrons. The Balaban J connectivity index is 2.05. The monoisotopic (exact) mass is 454 g/mol. The van der Waals surface area contributed by atoms with Gasteiger partial charge in [0.15, 0.2) is 11.6 Å². The molecule has 0 aliphatic carbocycles. The van der Waals surface area contributed by atoms with Crippen molar-refractivity contribution < 1.29 is 9.13 Å². The zero-order chi connectivity index (χ0) is 23.0. The quantitative estimate of drug-likeness (QED) is 0.504. The topological polar surface area (TPSA) is 102 Å². The van der Waals surface area contributed by atoms with Gasteiger partial charge in [-0.3, -0.25) is 5.41 Å². The van der Waals surface area contributed by atoms with Gasteiger partial charge in [-0.25, -0.2) is 14.1 Å². The van der Waals surface area contributed by atoms with E-state index in [9.17, 15) is 4.39 Å². The van der Waals surface area contributed by atoms with E-state index in [2.05, 4.69) is 15.4 Å². The number of aromatic nitrogens is 3. The van der Waals surface area contributed by atoms with Gasteiger partial charge in [0.25, 0.3) is 0 Å². The largest absolute Gasteiger partial charge is 0.482 e. The molecule has 32 heavy (non-hydrogen) atoms. The minimum Gasteiger partial charge on any atom is -0.482 e. The minimum absolute atomic E-state index is 0.101. The fraction of sp³-hybridized carbons (Fsp3) is 0.261. The van der Waals surface area contributed by atoms with Gasteiger partial charge in [-0.15, -0.1) is 0 Å². The lowest BCUT2D eigenvalue weighted by Gasteiger charge is -2.23. The molecule has 0 amide bonds. The van der Waals surface area contributed by atoms with Crippen molar-refractivity contribution in [3.63, 3.8) is 0 Å². The van der Waals surface area contributed by atoms with Crippen LogP contribution in [-0.2, 0) is 6.42 Å². The molecule has 2 bridgehead atoms. The first-order valence-electron chi connectivity index (χ1n) is 10.3. The molecule has 4 rings (SSSR count). The normalized spacial score (nSPS) is 18.0. The second-order valence-electron chi connectivity index (χ2n) is 7.63. The molecule has 0 saturated carbocycles. The first kappa shape index (κ1) is 21.8. The van der Waals surface area contributed by atoms with Crippen molar-refractivity contribution in [2.24, 2.45) is 0 Å². The summed E-state index contributed by atoms with van der Waals surface area (Å²) in [6, 6.07) is 8.19. The van der Waals surface area contributed by atoms with E-state index in [1.807, 2.05) is 26.8 Å². The maximum absolute atomic E-state index is 14.2. The average Bonchev–Trinajstić information content (AvgIpc) is 3.11. The summed E-state index contributed by atoms with van der Waals surface area (Å²) in [6.45, 7) is 6.28. The summed E-state index contributed by atoms with van der Waals surface area (Å²) in [6.07, 6.45) is 1.42. The SMILES string of the molecule is CCN/C1=C(\C(=N)Cl)Cc2cc(C)nn2-c2ccc(F)cc2C(C)Oc2cc1cnc2N. The number of allylic oxidation sites excluding steroid dienone is 1. The lowest BCUT2D eigenvalue weighted by molar-refractivity contribution is 0.226. The molecule has 1 aromatic carbocycles. The molecule has 2 aromatic heterocycles. The number of ether oxygens (including phenoxy) is 1. The van der Waals surface area contributed by atoms with Crippen LogP contribution in [0.4, 0.5) is 10.2 Å². The van der Waals surface area contributed by atoms with E-state index in [1.54, 1.807) is 23.0 Å². The Labute approximate surface area is 190 Å². The van der Waals surface area contributed by atoms with E-state index in [0.29, 0.717) is 46.8 Å². The number of pyridine rings is 1. The Bertz CT molecular complexity index is 1240. The summed E-state index contributed by atoms with van der Waals surface area (Å²) in [5.74, 6) is 0.192.